The molecule has 0 aliphatic heterocycles. The highest BCUT2D eigenvalue weighted by Crippen LogP contribution is 2.10. The summed E-state index contributed by atoms with van der Waals surface area (Å²) in [6.45, 7) is 3.55. The average molecular weight is 292 g/mol. The van der Waals surface area contributed by atoms with Crippen molar-refractivity contribution in [3.63, 3.8) is 0 Å². The molecule has 0 bridgehead atoms. The van der Waals surface area contributed by atoms with Crippen molar-refractivity contribution in [1.29, 1.82) is 0 Å². The molecule has 0 aliphatic carbocycles. The summed E-state index contributed by atoms with van der Waals surface area (Å²) in [7, 11) is 0. The van der Waals surface area contributed by atoms with Crippen LogP contribution in [0.1, 0.15) is 25.3 Å². The molecule has 0 aromatic heterocycles. The Balaban J connectivity index is 2.29. The standard InChI is InChI=1S/C12H16BrF2N/c1-2-10(13)5-6-16-8-9-3-4-11(14)12(15)7-9/h3-4,7,10,16H,2,5-6,8H2,1H3. The van der Waals surface area contributed by atoms with Crippen LogP contribution in [0.4, 0.5) is 8.78 Å². The third kappa shape index (κ3) is 4.58. The van der Waals surface area contributed by atoms with Gasteiger partial charge in [-0.15, -0.1) is 0 Å². The molecule has 0 aliphatic rings. The van der Waals surface area contributed by atoms with E-state index in [4.69, 9.17) is 0 Å². The van der Waals surface area contributed by atoms with E-state index in [0.717, 1.165) is 31.0 Å². The Morgan fingerprint density at radius 2 is 2.06 bits per heavy atom. The Kier molecular flexibility index (Phi) is 5.91. The number of hydrogen-bond donors (Lipinski definition) is 1. The first-order chi connectivity index (χ1) is 7.63. The van der Waals surface area contributed by atoms with Crippen molar-refractivity contribution in [3.8, 4) is 0 Å². The van der Waals surface area contributed by atoms with Crippen molar-refractivity contribution in [1.82, 2.24) is 5.32 Å². The van der Waals surface area contributed by atoms with Gasteiger partial charge in [-0.2, -0.15) is 0 Å². The van der Waals surface area contributed by atoms with E-state index in [1.807, 2.05) is 0 Å². The molecular formula is C12H16BrF2N. The van der Waals surface area contributed by atoms with Crippen molar-refractivity contribution in [3.05, 3.63) is 35.4 Å². The van der Waals surface area contributed by atoms with Gasteiger partial charge in [0.25, 0.3) is 0 Å². The molecule has 0 saturated carbocycles. The number of halogens is 3. The molecule has 1 aromatic rings. The van der Waals surface area contributed by atoms with Gasteiger partial charge in [0.05, 0.1) is 0 Å². The fourth-order valence-electron chi connectivity index (χ4n) is 1.35. The maximum absolute atomic E-state index is 12.9. The predicted molar refractivity (Wildman–Crippen MR) is 65.7 cm³/mol. The molecule has 0 amide bonds. The normalized spacial score (nSPS) is 12.8. The zero-order chi connectivity index (χ0) is 12.0. The molecule has 16 heavy (non-hydrogen) atoms. The Morgan fingerprint density at radius 3 is 2.69 bits per heavy atom. The van der Waals surface area contributed by atoms with Crippen LogP contribution in [-0.4, -0.2) is 11.4 Å². The minimum absolute atomic E-state index is 0.518. The Labute approximate surface area is 103 Å². The first kappa shape index (κ1) is 13.6. The van der Waals surface area contributed by atoms with Gasteiger partial charge in [-0.25, -0.2) is 8.78 Å². The molecule has 0 fully saturated rings. The van der Waals surface area contributed by atoms with Crippen molar-refractivity contribution in [2.45, 2.75) is 31.1 Å². The maximum Gasteiger partial charge on any atom is 0.159 e. The van der Waals surface area contributed by atoms with Crippen LogP contribution < -0.4 is 5.32 Å². The second-order valence-electron chi connectivity index (χ2n) is 3.72. The molecule has 1 unspecified atom stereocenters. The van der Waals surface area contributed by atoms with Crippen molar-refractivity contribution >= 4 is 15.9 Å². The lowest BCUT2D eigenvalue weighted by molar-refractivity contribution is 0.505. The van der Waals surface area contributed by atoms with E-state index in [1.54, 1.807) is 6.07 Å². The summed E-state index contributed by atoms with van der Waals surface area (Å²) in [6, 6.07) is 3.98. The van der Waals surface area contributed by atoms with Crippen LogP contribution in [0, 0.1) is 11.6 Å². The van der Waals surface area contributed by atoms with E-state index < -0.39 is 11.6 Å². The fraction of sp³-hybridized carbons (Fsp3) is 0.500. The second-order valence-corrected chi connectivity index (χ2v) is 5.01. The van der Waals surface area contributed by atoms with Crippen molar-refractivity contribution < 1.29 is 8.78 Å². The van der Waals surface area contributed by atoms with Crippen LogP contribution in [0.2, 0.25) is 0 Å². The molecule has 4 heteroatoms. The molecule has 1 N–H and O–H groups in total. The van der Waals surface area contributed by atoms with Crippen LogP contribution in [0.15, 0.2) is 18.2 Å². The van der Waals surface area contributed by atoms with Gasteiger partial charge in [0.15, 0.2) is 11.6 Å². The molecule has 1 nitrogen and oxygen atoms in total. The zero-order valence-corrected chi connectivity index (χ0v) is 10.9. The molecule has 0 heterocycles. The fourth-order valence-corrected chi connectivity index (χ4v) is 1.57. The molecule has 90 valence electrons. The van der Waals surface area contributed by atoms with E-state index in [-0.39, 0.29) is 0 Å². The van der Waals surface area contributed by atoms with Gasteiger partial charge in [-0.1, -0.05) is 28.9 Å². The largest absolute Gasteiger partial charge is 0.313 e. The Hall–Kier alpha value is -0.480. The van der Waals surface area contributed by atoms with Gasteiger partial charge >= 0.3 is 0 Å². The summed E-state index contributed by atoms with van der Waals surface area (Å²) in [5.41, 5.74) is 0.765. The highest BCUT2D eigenvalue weighted by molar-refractivity contribution is 9.09. The van der Waals surface area contributed by atoms with E-state index in [9.17, 15) is 8.78 Å². The van der Waals surface area contributed by atoms with Crippen molar-refractivity contribution in [2.75, 3.05) is 6.54 Å². The van der Waals surface area contributed by atoms with Crippen LogP contribution in [-0.2, 0) is 6.54 Å². The van der Waals surface area contributed by atoms with Gasteiger partial charge < -0.3 is 5.32 Å². The van der Waals surface area contributed by atoms with Gasteiger partial charge in [-0.3, -0.25) is 0 Å². The van der Waals surface area contributed by atoms with Crippen LogP contribution in [0.5, 0.6) is 0 Å². The monoisotopic (exact) mass is 291 g/mol. The number of rotatable bonds is 6. The number of hydrogen-bond acceptors (Lipinski definition) is 1. The maximum atomic E-state index is 12.9. The van der Waals surface area contributed by atoms with Crippen molar-refractivity contribution in [2.24, 2.45) is 0 Å². The summed E-state index contributed by atoms with van der Waals surface area (Å²) >= 11 is 3.53. The summed E-state index contributed by atoms with van der Waals surface area (Å²) in [5.74, 6) is -1.58. The lowest BCUT2D eigenvalue weighted by atomic mass is 10.2. The van der Waals surface area contributed by atoms with E-state index in [1.165, 1.54) is 6.07 Å². The van der Waals surface area contributed by atoms with Crippen LogP contribution in [0.3, 0.4) is 0 Å². The second kappa shape index (κ2) is 6.97. The highest BCUT2D eigenvalue weighted by atomic mass is 79.9. The van der Waals surface area contributed by atoms with Gasteiger partial charge in [0, 0.05) is 11.4 Å². The van der Waals surface area contributed by atoms with Gasteiger partial charge in [0.1, 0.15) is 0 Å². The zero-order valence-electron chi connectivity index (χ0n) is 9.27. The molecule has 0 saturated heterocycles. The smallest absolute Gasteiger partial charge is 0.159 e. The topological polar surface area (TPSA) is 12.0 Å². The Morgan fingerprint density at radius 1 is 1.31 bits per heavy atom. The summed E-state index contributed by atoms with van der Waals surface area (Å²) in [4.78, 5) is 0.518. The first-order valence-corrected chi connectivity index (χ1v) is 6.33. The first-order valence-electron chi connectivity index (χ1n) is 5.42. The van der Waals surface area contributed by atoms with Crippen LogP contribution >= 0.6 is 15.9 Å². The van der Waals surface area contributed by atoms with Gasteiger partial charge in [-0.05, 0) is 37.1 Å². The third-order valence-corrected chi connectivity index (χ3v) is 3.50. The van der Waals surface area contributed by atoms with Crippen LogP contribution in [0.25, 0.3) is 0 Å². The number of alkyl halides is 1. The summed E-state index contributed by atoms with van der Waals surface area (Å²) in [6.07, 6.45) is 2.12. The Bertz CT molecular complexity index is 331. The van der Waals surface area contributed by atoms with E-state index in [0.29, 0.717) is 11.4 Å². The molecule has 1 aromatic carbocycles. The molecular weight excluding hydrogens is 276 g/mol. The minimum Gasteiger partial charge on any atom is -0.313 e. The number of nitrogens with one attached hydrogen (secondary N) is 1. The quantitative estimate of drug-likeness (QED) is 0.624. The predicted octanol–water partition coefficient (Wildman–Crippen LogP) is 3.62. The summed E-state index contributed by atoms with van der Waals surface area (Å²) < 4.78 is 25.5. The lowest BCUT2D eigenvalue weighted by Gasteiger charge is -2.08. The lowest BCUT2D eigenvalue weighted by Crippen LogP contribution is -2.17. The minimum atomic E-state index is -0.796. The highest BCUT2D eigenvalue weighted by Gasteiger charge is 2.03. The third-order valence-electron chi connectivity index (χ3n) is 2.39. The average Bonchev–Trinajstić information content (AvgIpc) is 2.28. The number of benzene rings is 1. The molecule has 1 atom stereocenters. The van der Waals surface area contributed by atoms with Gasteiger partial charge in [0.2, 0.25) is 0 Å². The summed E-state index contributed by atoms with van der Waals surface area (Å²) in [5, 5.41) is 3.19. The SMILES string of the molecule is CCC(Br)CCNCc1ccc(F)c(F)c1. The molecule has 0 spiro atoms. The van der Waals surface area contributed by atoms with E-state index >= 15 is 0 Å². The van der Waals surface area contributed by atoms with E-state index in [2.05, 4.69) is 28.2 Å². The molecule has 1 rings (SSSR count). The molecule has 0 radical (unpaired) electrons.